The van der Waals surface area contributed by atoms with Crippen molar-refractivity contribution in [2.75, 3.05) is 39.6 Å². The second-order valence-corrected chi connectivity index (χ2v) is 10.6. The Bertz CT molecular complexity index is 1000. The van der Waals surface area contributed by atoms with E-state index in [0.29, 0.717) is 50.0 Å². The number of rotatable bonds is 20. The van der Waals surface area contributed by atoms with Crippen molar-refractivity contribution in [3.05, 3.63) is 48.5 Å². The van der Waals surface area contributed by atoms with Crippen LogP contribution in [0.4, 0.5) is 0 Å². The molecule has 2 rings (SSSR count). The molecular weight excluding hydrogens is 528 g/mol. The Kier molecular flexibility index (Phi) is 15.0. The van der Waals surface area contributed by atoms with Gasteiger partial charge in [0.15, 0.2) is 0 Å². The lowest BCUT2D eigenvalue weighted by molar-refractivity contribution is -0.145. The fraction of sp³-hybridized carbons (Fsp3) is 0.500. The molecule has 0 saturated carbocycles. The number of carbonyl (C=O) groups excluding carboxylic acids is 2. The van der Waals surface area contributed by atoms with Crippen LogP contribution in [0.1, 0.15) is 51.4 Å². The molecule has 0 aliphatic rings. The van der Waals surface area contributed by atoms with Crippen LogP contribution in [0.15, 0.2) is 58.3 Å². The monoisotopic (exact) mass is 566 g/mol. The third kappa shape index (κ3) is 12.5. The van der Waals surface area contributed by atoms with E-state index in [9.17, 15) is 18.0 Å². The van der Waals surface area contributed by atoms with Crippen LogP contribution in [0.25, 0.3) is 0 Å². The smallest absolute Gasteiger partial charge is 0.305 e. The van der Waals surface area contributed by atoms with E-state index in [0.717, 1.165) is 12.8 Å². The Morgan fingerprint density at radius 3 is 1.31 bits per heavy atom. The van der Waals surface area contributed by atoms with Crippen molar-refractivity contribution in [3.63, 3.8) is 0 Å². The van der Waals surface area contributed by atoms with E-state index in [2.05, 4.69) is 0 Å². The molecule has 216 valence electrons. The first-order valence-corrected chi connectivity index (χ1v) is 14.6. The molecule has 0 aliphatic heterocycles. The van der Waals surface area contributed by atoms with Gasteiger partial charge in [0.05, 0.1) is 9.79 Å². The summed E-state index contributed by atoms with van der Waals surface area (Å²) in [7, 11) is -3.75. The lowest BCUT2D eigenvalue weighted by Crippen LogP contribution is -2.12. The first-order valence-electron chi connectivity index (χ1n) is 13.1. The summed E-state index contributed by atoms with van der Waals surface area (Å²) < 4.78 is 47.1. The maximum absolute atomic E-state index is 13.0. The number of aliphatic hydroxyl groups excluding tert-OH is 2. The molecule has 0 aromatic heterocycles. The summed E-state index contributed by atoms with van der Waals surface area (Å²) in [6.45, 7) is 0.669. The van der Waals surface area contributed by atoms with E-state index in [4.69, 9.17) is 29.2 Å². The number of ether oxygens (including phenoxy) is 4. The molecule has 0 radical (unpaired) electrons. The Morgan fingerprint density at radius 2 is 0.949 bits per heavy atom. The zero-order valence-electron chi connectivity index (χ0n) is 22.1. The molecule has 2 aromatic carbocycles. The van der Waals surface area contributed by atoms with Crippen LogP contribution >= 0.6 is 0 Å². The summed E-state index contributed by atoms with van der Waals surface area (Å²) in [5.74, 6) is 0.253. The highest BCUT2D eigenvalue weighted by molar-refractivity contribution is 7.91. The van der Waals surface area contributed by atoms with Gasteiger partial charge in [0, 0.05) is 26.1 Å². The van der Waals surface area contributed by atoms with Crippen molar-refractivity contribution in [1.82, 2.24) is 0 Å². The fourth-order valence-corrected chi connectivity index (χ4v) is 4.72. The van der Waals surface area contributed by atoms with Gasteiger partial charge in [0.25, 0.3) is 0 Å². The highest BCUT2D eigenvalue weighted by Crippen LogP contribution is 2.25. The second kappa shape index (κ2) is 18.2. The van der Waals surface area contributed by atoms with E-state index in [1.807, 2.05) is 0 Å². The molecule has 0 aliphatic carbocycles. The minimum Gasteiger partial charge on any atom is -0.490 e. The molecule has 2 aromatic rings. The maximum Gasteiger partial charge on any atom is 0.305 e. The normalized spacial score (nSPS) is 11.1. The van der Waals surface area contributed by atoms with E-state index in [1.165, 1.54) is 48.5 Å². The van der Waals surface area contributed by atoms with Crippen LogP contribution in [0.3, 0.4) is 0 Å². The largest absolute Gasteiger partial charge is 0.490 e. The van der Waals surface area contributed by atoms with Crippen molar-refractivity contribution < 1.29 is 47.2 Å². The number of unbranched alkanes of at least 4 members (excludes halogenated alkanes) is 4. The van der Waals surface area contributed by atoms with Crippen LogP contribution in [0.5, 0.6) is 11.5 Å². The van der Waals surface area contributed by atoms with Gasteiger partial charge in [-0.05, 0) is 74.2 Å². The van der Waals surface area contributed by atoms with Crippen molar-refractivity contribution in [3.8, 4) is 11.5 Å². The number of aliphatic hydroxyl groups is 2. The summed E-state index contributed by atoms with van der Waals surface area (Å²) in [6.07, 6.45) is 4.77. The van der Waals surface area contributed by atoms with Crippen molar-refractivity contribution >= 4 is 21.8 Å². The predicted octanol–water partition coefficient (Wildman–Crippen LogP) is 3.47. The third-order valence-electron chi connectivity index (χ3n) is 5.58. The van der Waals surface area contributed by atoms with Crippen molar-refractivity contribution in [1.29, 1.82) is 0 Å². The molecule has 2 N–H and O–H groups in total. The van der Waals surface area contributed by atoms with E-state index in [-0.39, 0.29) is 61.4 Å². The zero-order valence-corrected chi connectivity index (χ0v) is 22.9. The van der Waals surface area contributed by atoms with Gasteiger partial charge in [-0.2, -0.15) is 0 Å². The number of hydrogen-bond donors (Lipinski definition) is 2. The van der Waals surface area contributed by atoms with Crippen LogP contribution < -0.4 is 9.47 Å². The van der Waals surface area contributed by atoms with Gasteiger partial charge in [0.2, 0.25) is 9.84 Å². The Morgan fingerprint density at radius 1 is 0.564 bits per heavy atom. The number of benzene rings is 2. The average Bonchev–Trinajstić information content (AvgIpc) is 2.94. The Labute approximate surface area is 229 Å². The fourth-order valence-electron chi connectivity index (χ4n) is 3.46. The Balaban J connectivity index is 1.73. The minimum absolute atomic E-state index is 0.0845. The standard InChI is InChI=1S/C28H38O10S/c29-17-5-1-3-7-27(31)37-21-19-35-23-9-13-25(14-10-23)39(33,34)26-15-11-24(12-16-26)36-20-22-38-28(32)8-4-2-6-18-30/h9-16,29-30H,1-8,17-22H2. The molecule has 0 amide bonds. The third-order valence-corrected chi connectivity index (χ3v) is 7.36. The first kappa shape index (κ1) is 32.1. The van der Waals surface area contributed by atoms with Crippen molar-refractivity contribution in [2.24, 2.45) is 0 Å². The van der Waals surface area contributed by atoms with E-state index >= 15 is 0 Å². The van der Waals surface area contributed by atoms with Gasteiger partial charge < -0.3 is 29.2 Å². The quantitative estimate of drug-likeness (QED) is 0.180. The molecule has 0 spiro atoms. The average molecular weight is 567 g/mol. The zero-order chi connectivity index (χ0) is 28.3. The number of sulfone groups is 1. The molecule has 11 heteroatoms. The lowest BCUT2D eigenvalue weighted by Gasteiger charge is -2.10. The molecule has 0 bridgehead atoms. The molecule has 0 fully saturated rings. The summed E-state index contributed by atoms with van der Waals surface area (Å²) in [6, 6.07) is 11.9. The highest BCUT2D eigenvalue weighted by atomic mass is 32.2. The second-order valence-electron chi connectivity index (χ2n) is 8.65. The SMILES string of the molecule is O=C(CCCCCO)OCCOc1ccc(S(=O)(=O)c2ccc(OCCOC(=O)CCCCCO)cc2)cc1. The molecular formula is C28H38O10S. The van der Waals surface area contributed by atoms with E-state index < -0.39 is 9.84 Å². The summed E-state index contributed by atoms with van der Waals surface area (Å²) in [5.41, 5.74) is 0. The number of hydrogen-bond acceptors (Lipinski definition) is 10. The van der Waals surface area contributed by atoms with Gasteiger partial charge in [-0.1, -0.05) is 12.8 Å². The van der Waals surface area contributed by atoms with Gasteiger partial charge in [-0.15, -0.1) is 0 Å². The van der Waals surface area contributed by atoms with E-state index in [1.54, 1.807) is 0 Å². The predicted molar refractivity (Wildman–Crippen MR) is 142 cm³/mol. The van der Waals surface area contributed by atoms with Crippen LogP contribution in [-0.2, 0) is 28.9 Å². The number of carbonyl (C=O) groups is 2. The number of esters is 2. The maximum atomic E-state index is 13.0. The Hall–Kier alpha value is -3.15. The van der Waals surface area contributed by atoms with Gasteiger partial charge in [0.1, 0.15) is 37.9 Å². The molecule has 10 nitrogen and oxygen atoms in total. The molecule has 0 saturated heterocycles. The van der Waals surface area contributed by atoms with Gasteiger partial charge in [-0.3, -0.25) is 9.59 Å². The van der Waals surface area contributed by atoms with Crippen LogP contribution in [0.2, 0.25) is 0 Å². The van der Waals surface area contributed by atoms with Crippen LogP contribution in [0, 0.1) is 0 Å². The molecule has 0 atom stereocenters. The minimum atomic E-state index is -3.75. The lowest BCUT2D eigenvalue weighted by atomic mass is 10.2. The highest BCUT2D eigenvalue weighted by Gasteiger charge is 2.18. The van der Waals surface area contributed by atoms with Crippen LogP contribution in [-0.4, -0.2) is 70.2 Å². The van der Waals surface area contributed by atoms with Gasteiger partial charge >= 0.3 is 11.9 Å². The summed E-state index contributed by atoms with van der Waals surface area (Å²) >= 11 is 0. The van der Waals surface area contributed by atoms with Gasteiger partial charge in [-0.25, -0.2) is 8.42 Å². The van der Waals surface area contributed by atoms with Crippen molar-refractivity contribution in [2.45, 2.75) is 61.2 Å². The molecule has 39 heavy (non-hydrogen) atoms. The topological polar surface area (TPSA) is 146 Å². The summed E-state index contributed by atoms with van der Waals surface area (Å²) in [4.78, 5) is 23.5. The first-order chi connectivity index (χ1) is 18.9. The summed E-state index contributed by atoms with van der Waals surface area (Å²) in [5, 5.41) is 17.5. The molecule has 0 unspecified atom stereocenters. The molecule has 0 heterocycles.